The zero-order valence-electron chi connectivity index (χ0n) is 14.4. The number of aromatic nitrogens is 3. The number of halogens is 1. The molecule has 0 amide bonds. The first-order valence-corrected chi connectivity index (χ1v) is 9.19. The van der Waals surface area contributed by atoms with Crippen molar-refractivity contribution in [1.29, 1.82) is 0 Å². The van der Waals surface area contributed by atoms with Gasteiger partial charge in [0.2, 0.25) is 0 Å². The summed E-state index contributed by atoms with van der Waals surface area (Å²) in [5.41, 5.74) is 3.22. The summed E-state index contributed by atoms with van der Waals surface area (Å²) in [7, 11) is 0. The van der Waals surface area contributed by atoms with E-state index in [1.807, 2.05) is 42.6 Å². The average molecular weight is 369 g/mol. The molecule has 1 aromatic carbocycles. The van der Waals surface area contributed by atoms with E-state index < -0.39 is 0 Å². The van der Waals surface area contributed by atoms with E-state index in [0.29, 0.717) is 17.5 Å². The lowest BCUT2D eigenvalue weighted by atomic mass is 10.1. The Balaban J connectivity index is 1.31. The fourth-order valence-electron chi connectivity index (χ4n) is 3.29. The minimum Gasteiger partial charge on any atom is -0.487 e. The van der Waals surface area contributed by atoms with Crippen molar-refractivity contribution in [2.45, 2.75) is 25.5 Å². The largest absolute Gasteiger partial charge is 0.487 e. The lowest BCUT2D eigenvalue weighted by Gasteiger charge is -2.14. The molecule has 5 nitrogen and oxygen atoms in total. The Morgan fingerprint density at radius 3 is 2.88 bits per heavy atom. The normalized spacial score (nSPS) is 17.5. The van der Waals surface area contributed by atoms with Crippen molar-refractivity contribution >= 4 is 11.6 Å². The van der Waals surface area contributed by atoms with Crippen LogP contribution in [-0.2, 0) is 13.2 Å². The monoisotopic (exact) mass is 368 g/mol. The van der Waals surface area contributed by atoms with E-state index in [-0.39, 0.29) is 0 Å². The van der Waals surface area contributed by atoms with Gasteiger partial charge in [-0.25, -0.2) is 0 Å². The number of ether oxygens (including phenoxy) is 1. The Bertz CT molecular complexity index is 835. The maximum absolute atomic E-state index is 5.89. The summed E-state index contributed by atoms with van der Waals surface area (Å²) in [5.74, 6) is 1.26. The zero-order chi connectivity index (χ0) is 17.8. The number of likely N-dealkylation sites (tertiary alicyclic amines) is 1. The molecule has 1 atom stereocenters. The number of hydrogen-bond donors (Lipinski definition) is 1. The predicted octanol–water partition coefficient (Wildman–Crippen LogP) is 4.03. The Morgan fingerprint density at radius 2 is 2.08 bits per heavy atom. The molecule has 6 heteroatoms. The van der Waals surface area contributed by atoms with E-state index in [1.165, 1.54) is 0 Å². The van der Waals surface area contributed by atoms with Gasteiger partial charge in [-0.15, -0.1) is 0 Å². The summed E-state index contributed by atoms with van der Waals surface area (Å²) in [4.78, 5) is 6.85. The van der Waals surface area contributed by atoms with Crippen LogP contribution in [0.3, 0.4) is 0 Å². The molecule has 2 aromatic heterocycles. The Morgan fingerprint density at radius 1 is 1.19 bits per heavy atom. The summed E-state index contributed by atoms with van der Waals surface area (Å²) in [5, 5.41) is 8.30. The highest BCUT2D eigenvalue weighted by atomic mass is 35.5. The summed E-state index contributed by atoms with van der Waals surface area (Å²) < 4.78 is 5.77. The summed E-state index contributed by atoms with van der Waals surface area (Å²) >= 11 is 5.89. The molecule has 0 bridgehead atoms. The highest BCUT2D eigenvalue weighted by Crippen LogP contribution is 2.27. The number of rotatable bonds is 6. The van der Waals surface area contributed by atoms with Gasteiger partial charge in [0, 0.05) is 30.2 Å². The molecule has 1 saturated heterocycles. The van der Waals surface area contributed by atoms with Crippen molar-refractivity contribution in [2.75, 3.05) is 13.1 Å². The topological polar surface area (TPSA) is 54.0 Å². The van der Waals surface area contributed by atoms with Gasteiger partial charge in [0.1, 0.15) is 12.4 Å². The minimum absolute atomic E-state index is 0.458. The van der Waals surface area contributed by atoms with Crippen molar-refractivity contribution < 1.29 is 4.74 Å². The van der Waals surface area contributed by atoms with Gasteiger partial charge in [-0.3, -0.25) is 15.0 Å². The second-order valence-corrected chi connectivity index (χ2v) is 7.04. The van der Waals surface area contributed by atoms with Crippen molar-refractivity contribution in [3.05, 3.63) is 76.8 Å². The smallest absolute Gasteiger partial charge is 0.130 e. The molecule has 1 fully saturated rings. The summed E-state index contributed by atoms with van der Waals surface area (Å²) in [6.07, 6.45) is 2.97. The van der Waals surface area contributed by atoms with Crippen LogP contribution in [0.1, 0.15) is 29.4 Å². The summed E-state index contributed by atoms with van der Waals surface area (Å²) in [6.45, 7) is 3.46. The van der Waals surface area contributed by atoms with E-state index in [9.17, 15) is 0 Å². The fraction of sp³-hybridized carbons (Fsp3) is 0.300. The molecule has 0 spiro atoms. The highest BCUT2D eigenvalue weighted by molar-refractivity contribution is 6.30. The maximum atomic E-state index is 5.89. The first-order valence-electron chi connectivity index (χ1n) is 8.81. The fourth-order valence-corrected chi connectivity index (χ4v) is 3.42. The molecule has 4 rings (SSSR count). The van der Waals surface area contributed by atoms with Crippen LogP contribution in [0.15, 0.2) is 54.7 Å². The number of nitrogens with zero attached hydrogens (tertiary/aromatic N) is 3. The number of nitrogens with one attached hydrogen (secondary N) is 1. The van der Waals surface area contributed by atoms with E-state index in [0.717, 1.165) is 48.9 Å². The number of hydrogen-bond acceptors (Lipinski definition) is 4. The second-order valence-electron chi connectivity index (χ2n) is 6.60. The Hall–Kier alpha value is -2.37. The van der Waals surface area contributed by atoms with Crippen molar-refractivity contribution in [1.82, 2.24) is 20.1 Å². The van der Waals surface area contributed by atoms with Crippen LogP contribution in [0.4, 0.5) is 0 Å². The Labute approximate surface area is 158 Å². The number of pyridine rings is 1. The van der Waals surface area contributed by atoms with Gasteiger partial charge >= 0.3 is 0 Å². The van der Waals surface area contributed by atoms with Gasteiger partial charge < -0.3 is 4.74 Å². The SMILES string of the molecule is Clc1ccc(OCc2cc([C@H]3CCN(Cc4ccccn4)C3)n[nH]2)cc1. The molecule has 26 heavy (non-hydrogen) atoms. The van der Waals surface area contributed by atoms with E-state index in [4.69, 9.17) is 16.3 Å². The molecular weight excluding hydrogens is 348 g/mol. The van der Waals surface area contributed by atoms with Gasteiger partial charge in [-0.1, -0.05) is 17.7 Å². The quantitative estimate of drug-likeness (QED) is 0.713. The van der Waals surface area contributed by atoms with Gasteiger partial charge in [0.05, 0.1) is 17.1 Å². The third kappa shape index (κ3) is 4.23. The zero-order valence-corrected chi connectivity index (χ0v) is 15.2. The number of aromatic amines is 1. The Kier molecular flexibility index (Phi) is 5.18. The third-order valence-corrected chi connectivity index (χ3v) is 4.91. The van der Waals surface area contributed by atoms with Crippen molar-refractivity contribution in [3.63, 3.8) is 0 Å². The van der Waals surface area contributed by atoms with Crippen molar-refractivity contribution in [3.8, 4) is 5.75 Å². The van der Waals surface area contributed by atoms with Crippen LogP contribution >= 0.6 is 11.6 Å². The lowest BCUT2D eigenvalue weighted by Crippen LogP contribution is -2.20. The van der Waals surface area contributed by atoms with Crippen LogP contribution in [0.2, 0.25) is 5.02 Å². The third-order valence-electron chi connectivity index (χ3n) is 4.66. The van der Waals surface area contributed by atoms with E-state index >= 15 is 0 Å². The molecule has 0 saturated carbocycles. The van der Waals surface area contributed by atoms with Gasteiger partial charge in [-0.2, -0.15) is 5.10 Å². The van der Waals surface area contributed by atoms with E-state index in [1.54, 1.807) is 0 Å². The van der Waals surface area contributed by atoms with Crippen LogP contribution in [0.5, 0.6) is 5.75 Å². The highest BCUT2D eigenvalue weighted by Gasteiger charge is 2.26. The molecular formula is C20H21ClN4O. The first-order chi connectivity index (χ1) is 12.8. The minimum atomic E-state index is 0.458. The molecule has 1 aliphatic heterocycles. The van der Waals surface area contributed by atoms with Crippen LogP contribution in [0.25, 0.3) is 0 Å². The maximum Gasteiger partial charge on any atom is 0.130 e. The van der Waals surface area contributed by atoms with E-state index in [2.05, 4.69) is 32.2 Å². The predicted molar refractivity (Wildman–Crippen MR) is 101 cm³/mol. The molecule has 0 radical (unpaired) electrons. The average Bonchev–Trinajstić information content (AvgIpc) is 3.31. The number of H-pyrrole nitrogens is 1. The lowest BCUT2D eigenvalue weighted by molar-refractivity contribution is 0.301. The van der Waals surface area contributed by atoms with Gasteiger partial charge in [0.15, 0.2) is 0 Å². The molecule has 3 aromatic rings. The molecule has 0 unspecified atom stereocenters. The van der Waals surface area contributed by atoms with Gasteiger partial charge in [-0.05, 0) is 55.4 Å². The molecule has 134 valence electrons. The second kappa shape index (κ2) is 7.89. The van der Waals surface area contributed by atoms with Crippen LogP contribution < -0.4 is 4.74 Å². The molecule has 3 heterocycles. The van der Waals surface area contributed by atoms with Crippen molar-refractivity contribution in [2.24, 2.45) is 0 Å². The standard InChI is InChI=1S/C20H21ClN4O/c21-16-4-6-19(7-5-16)26-14-18-11-20(24-23-18)15-8-10-25(12-15)13-17-3-1-2-9-22-17/h1-7,9,11,15H,8,10,12-14H2,(H,23,24)/t15-/m0/s1. The summed E-state index contributed by atoms with van der Waals surface area (Å²) in [6, 6.07) is 15.6. The molecule has 0 aliphatic carbocycles. The van der Waals surface area contributed by atoms with Gasteiger partial charge in [0.25, 0.3) is 0 Å². The molecule has 1 N–H and O–H groups in total. The van der Waals surface area contributed by atoms with Crippen LogP contribution in [-0.4, -0.2) is 33.2 Å². The number of benzene rings is 1. The molecule has 1 aliphatic rings. The van der Waals surface area contributed by atoms with Crippen LogP contribution in [0, 0.1) is 0 Å². The first kappa shape index (κ1) is 17.1.